The molecule has 8 rings (SSSR count). The van der Waals surface area contributed by atoms with E-state index in [0.29, 0.717) is 32.7 Å². The van der Waals surface area contributed by atoms with Crippen LogP contribution in [0.1, 0.15) is 35.4 Å². The predicted molar refractivity (Wildman–Crippen MR) is 184 cm³/mol. The smallest absolute Gasteiger partial charge is 0.246 e. The fourth-order valence-electron chi connectivity index (χ4n) is 8.83. The zero-order valence-corrected chi connectivity index (χ0v) is 28.0. The summed E-state index contributed by atoms with van der Waals surface area (Å²) in [6, 6.07) is 30.4. The average molecular weight is 722 g/mol. The molecule has 2 heterocycles. The summed E-state index contributed by atoms with van der Waals surface area (Å²) in [5.41, 5.74) is 1.66. The van der Waals surface area contributed by atoms with Crippen molar-refractivity contribution in [3.05, 3.63) is 141 Å². The van der Waals surface area contributed by atoms with Gasteiger partial charge in [0.15, 0.2) is 0 Å². The maximum absolute atomic E-state index is 15.3. The van der Waals surface area contributed by atoms with Gasteiger partial charge in [0.1, 0.15) is 5.75 Å². The van der Waals surface area contributed by atoms with Gasteiger partial charge in [0, 0.05) is 21.0 Å². The van der Waals surface area contributed by atoms with E-state index in [4.69, 9.17) is 11.6 Å². The minimum absolute atomic E-state index is 0.0260. The van der Waals surface area contributed by atoms with Crippen LogP contribution in [0.25, 0.3) is 0 Å². The predicted octanol–water partition coefficient (Wildman–Crippen LogP) is 7.17. The Morgan fingerprint density at radius 3 is 2.27 bits per heavy atom. The largest absolute Gasteiger partial charge is 0.508 e. The Hall–Kier alpha value is -4.53. The van der Waals surface area contributed by atoms with Gasteiger partial charge in [0.2, 0.25) is 23.6 Å². The highest BCUT2D eigenvalue weighted by molar-refractivity contribution is 9.10. The van der Waals surface area contributed by atoms with Crippen LogP contribution in [0.5, 0.6) is 5.75 Å². The zero-order chi connectivity index (χ0) is 33.3. The van der Waals surface area contributed by atoms with Crippen LogP contribution in [0, 0.1) is 23.7 Å². The Morgan fingerprint density at radius 2 is 1.54 bits per heavy atom. The van der Waals surface area contributed by atoms with Crippen molar-refractivity contribution in [1.82, 2.24) is 4.90 Å². The van der Waals surface area contributed by atoms with Gasteiger partial charge in [-0.15, -0.1) is 0 Å². The molecule has 0 spiro atoms. The van der Waals surface area contributed by atoms with Crippen LogP contribution >= 0.6 is 27.5 Å². The summed E-state index contributed by atoms with van der Waals surface area (Å²) in [5, 5.41) is 11.9. The normalized spacial score (nSPS) is 27.9. The molecule has 1 N–H and O–H groups in total. The molecule has 6 atom stereocenters. The summed E-state index contributed by atoms with van der Waals surface area (Å²) < 4.78 is 0.691. The lowest BCUT2D eigenvalue weighted by atomic mass is 9.49. The number of benzene rings is 4. The van der Waals surface area contributed by atoms with E-state index in [9.17, 15) is 19.5 Å². The van der Waals surface area contributed by atoms with E-state index in [-0.39, 0.29) is 30.5 Å². The molecule has 1 saturated carbocycles. The monoisotopic (exact) mass is 720 g/mol. The van der Waals surface area contributed by atoms with Crippen LogP contribution in [0.2, 0.25) is 5.02 Å². The van der Waals surface area contributed by atoms with E-state index in [1.54, 1.807) is 42.5 Å². The van der Waals surface area contributed by atoms with Crippen molar-refractivity contribution in [3.63, 3.8) is 0 Å². The van der Waals surface area contributed by atoms with Crippen molar-refractivity contribution in [2.24, 2.45) is 23.7 Å². The van der Waals surface area contributed by atoms with Gasteiger partial charge >= 0.3 is 0 Å². The Kier molecular flexibility index (Phi) is 7.42. The number of nitrogens with zero attached hydrogens (tertiary/aromatic N) is 2. The van der Waals surface area contributed by atoms with E-state index >= 15 is 4.79 Å². The molecule has 3 fully saturated rings. The topological polar surface area (TPSA) is 95.0 Å². The third-order valence-electron chi connectivity index (χ3n) is 10.7. The highest BCUT2D eigenvalue weighted by Crippen LogP contribution is 2.65. The van der Waals surface area contributed by atoms with E-state index in [1.807, 2.05) is 66.7 Å². The van der Waals surface area contributed by atoms with Crippen molar-refractivity contribution < 1.29 is 24.3 Å². The van der Waals surface area contributed by atoms with Gasteiger partial charge in [0.05, 0.1) is 35.4 Å². The lowest BCUT2D eigenvalue weighted by Crippen LogP contribution is -2.53. The minimum atomic E-state index is -1.45. The highest BCUT2D eigenvalue weighted by Gasteiger charge is 2.70. The van der Waals surface area contributed by atoms with Crippen LogP contribution in [0.4, 0.5) is 5.69 Å². The Balaban J connectivity index is 1.34. The van der Waals surface area contributed by atoms with Gasteiger partial charge in [-0.3, -0.25) is 24.1 Å². The second-order valence-electron chi connectivity index (χ2n) is 13.0. The fourth-order valence-corrected chi connectivity index (χ4v) is 9.40. The number of amides is 4. The molecule has 7 nitrogen and oxygen atoms in total. The molecule has 4 aromatic carbocycles. The molecular formula is C39H30BrClN2O5. The van der Waals surface area contributed by atoms with Crippen molar-refractivity contribution in [2.45, 2.75) is 30.7 Å². The second kappa shape index (κ2) is 11.6. The van der Waals surface area contributed by atoms with Gasteiger partial charge < -0.3 is 5.11 Å². The summed E-state index contributed by atoms with van der Waals surface area (Å²) >= 11 is 9.95. The van der Waals surface area contributed by atoms with E-state index in [1.165, 1.54) is 9.80 Å². The number of anilines is 1. The number of halogens is 2. The maximum Gasteiger partial charge on any atom is 0.246 e. The Bertz CT molecular complexity index is 2030. The number of hydrogen-bond acceptors (Lipinski definition) is 5. The second-order valence-corrected chi connectivity index (χ2v) is 14.4. The summed E-state index contributed by atoms with van der Waals surface area (Å²) in [6.07, 6.45) is 2.50. The average Bonchev–Trinajstić information content (AvgIpc) is 3.47. The quantitative estimate of drug-likeness (QED) is 0.174. The molecule has 4 amide bonds. The third kappa shape index (κ3) is 4.46. The highest BCUT2D eigenvalue weighted by atomic mass is 79.9. The van der Waals surface area contributed by atoms with E-state index in [2.05, 4.69) is 15.9 Å². The van der Waals surface area contributed by atoms with Crippen LogP contribution < -0.4 is 4.90 Å². The lowest BCUT2D eigenvalue weighted by Gasteiger charge is -2.50. The van der Waals surface area contributed by atoms with Crippen LogP contribution in [-0.4, -0.2) is 33.6 Å². The fraction of sp³-hybridized carbons (Fsp3) is 0.231. The minimum Gasteiger partial charge on any atom is -0.508 e. The number of likely N-dealkylation sites (tertiary alicyclic amines) is 1. The molecule has 4 aliphatic rings. The van der Waals surface area contributed by atoms with E-state index in [0.717, 1.165) is 11.1 Å². The summed E-state index contributed by atoms with van der Waals surface area (Å²) in [4.78, 5) is 60.8. The molecule has 2 aliphatic heterocycles. The number of carbonyl (C=O) groups excluding carboxylic acids is 4. The molecule has 2 saturated heterocycles. The van der Waals surface area contributed by atoms with Gasteiger partial charge in [-0.1, -0.05) is 106 Å². The number of allylic oxidation sites excluding steroid dienone is 2. The van der Waals surface area contributed by atoms with Gasteiger partial charge in [-0.05, 0) is 66.3 Å². The molecule has 0 aromatic heterocycles. The van der Waals surface area contributed by atoms with Crippen LogP contribution in [0.15, 0.2) is 119 Å². The van der Waals surface area contributed by atoms with Crippen molar-refractivity contribution >= 4 is 56.8 Å². The number of imide groups is 2. The number of carbonyl (C=O) groups is 4. The Morgan fingerprint density at radius 1 is 0.812 bits per heavy atom. The van der Waals surface area contributed by atoms with Gasteiger partial charge in [0.25, 0.3) is 0 Å². The van der Waals surface area contributed by atoms with E-state index < -0.39 is 46.8 Å². The summed E-state index contributed by atoms with van der Waals surface area (Å²) in [7, 11) is 0. The summed E-state index contributed by atoms with van der Waals surface area (Å²) in [5.74, 6) is -4.83. The summed E-state index contributed by atoms with van der Waals surface area (Å²) in [6.45, 7) is 0.167. The molecule has 9 heteroatoms. The van der Waals surface area contributed by atoms with Gasteiger partial charge in [-0.25, -0.2) is 4.90 Å². The Labute approximate surface area is 290 Å². The first-order chi connectivity index (χ1) is 23.2. The molecule has 2 aliphatic carbocycles. The van der Waals surface area contributed by atoms with Gasteiger partial charge in [-0.2, -0.15) is 0 Å². The molecular weight excluding hydrogens is 692 g/mol. The van der Waals surface area contributed by atoms with Crippen molar-refractivity contribution in [3.8, 4) is 5.75 Å². The SMILES string of the molecule is O=C1C2CC=C3C(CC4C(=O)N(c5cccc(Cl)c5)C(=O)C4(c4ccccc4)C3c3cc(Br)ccc3O)C2C(=O)N1Cc1ccccc1. The number of aromatic hydroxyl groups is 1. The van der Waals surface area contributed by atoms with Crippen molar-refractivity contribution in [1.29, 1.82) is 0 Å². The van der Waals surface area contributed by atoms with Crippen molar-refractivity contribution in [2.75, 3.05) is 4.90 Å². The number of rotatable bonds is 5. The molecule has 0 bridgehead atoms. The first kappa shape index (κ1) is 30.8. The number of hydrogen-bond donors (Lipinski definition) is 1. The molecule has 240 valence electrons. The third-order valence-corrected chi connectivity index (χ3v) is 11.5. The maximum atomic E-state index is 15.3. The van der Waals surface area contributed by atoms with Crippen LogP contribution in [-0.2, 0) is 31.1 Å². The number of phenols is 1. The number of phenolic OH excluding ortho intramolecular Hbond substituents is 1. The standard InChI is InChI=1S/C39H30BrClN2O5/c40-24-14-17-32(44)30(18-24)34-27-15-16-28-33(37(47)42(35(28)45)21-22-8-3-1-4-9-22)29(27)20-31-36(46)43(26-13-7-12-25(41)19-26)38(48)39(31,34)23-10-5-2-6-11-23/h1-15,17-19,28-29,31,33-34,44H,16,20-21H2. The zero-order valence-electron chi connectivity index (χ0n) is 25.6. The first-order valence-electron chi connectivity index (χ1n) is 16.0. The number of fused-ring (bicyclic) bond motifs is 4. The first-order valence-corrected chi connectivity index (χ1v) is 17.2. The molecule has 4 aromatic rings. The molecule has 48 heavy (non-hydrogen) atoms. The molecule has 0 radical (unpaired) electrons. The lowest BCUT2D eigenvalue weighted by molar-refractivity contribution is -0.141. The van der Waals surface area contributed by atoms with Crippen LogP contribution in [0.3, 0.4) is 0 Å². The molecule has 6 unspecified atom stereocenters.